The second-order valence-electron chi connectivity index (χ2n) is 2.99. The summed E-state index contributed by atoms with van der Waals surface area (Å²) in [4.78, 5) is 0. The Morgan fingerprint density at radius 2 is 2.25 bits per heavy atom. The summed E-state index contributed by atoms with van der Waals surface area (Å²) in [5.41, 5.74) is 0.436. The Hall–Kier alpha value is 0.390. The lowest BCUT2D eigenvalue weighted by atomic mass is 10.0. The van der Waals surface area contributed by atoms with Crippen LogP contribution in [0, 0.1) is 0 Å². The van der Waals surface area contributed by atoms with Crippen molar-refractivity contribution in [3.05, 3.63) is 0 Å². The van der Waals surface area contributed by atoms with E-state index in [1.807, 2.05) is 0 Å². The maximum absolute atomic E-state index is 3.47. The minimum Gasteiger partial charge on any atom is -0.308 e. The summed E-state index contributed by atoms with van der Waals surface area (Å²) in [6.07, 6.45) is 4.03. The molecule has 48 valence electrons. The minimum atomic E-state index is 0.436. The van der Waals surface area contributed by atoms with Crippen molar-refractivity contribution < 1.29 is 0 Å². The Bertz CT molecular complexity index is 72.6. The molecule has 0 radical (unpaired) electrons. The third kappa shape index (κ3) is 1.72. The van der Waals surface area contributed by atoms with E-state index in [-0.39, 0.29) is 0 Å². The van der Waals surface area contributed by atoms with Crippen molar-refractivity contribution in [3.8, 4) is 0 Å². The summed E-state index contributed by atoms with van der Waals surface area (Å²) < 4.78 is 0. The molecule has 1 unspecified atom stereocenters. The molecule has 1 saturated heterocycles. The molecule has 1 N–H and O–H groups in total. The highest BCUT2D eigenvalue weighted by Crippen LogP contribution is 2.23. The van der Waals surface area contributed by atoms with Gasteiger partial charge in [0.1, 0.15) is 0 Å². The largest absolute Gasteiger partial charge is 0.308 e. The van der Waals surface area contributed by atoms with Gasteiger partial charge in [-0.15, -0.1) is 8.58 Å². The molecule has 8 heavy (non-hydrogen) atoms. The summed E-state index contributed by atoms with van der Waals surface area (Å²) in [7, 11) is 1.16. The van der Waals surface area contributed by atoms with Crippen molar-refractivity contribution in [3.63, 3.8) is 0 Å². The monoisotopic (exact) mass is 131 g/mol. The minimum absolute atomic E-state index is 0.436. The zero-order chi connectivity index (χ0) is 6.04. The maximum Gasteiger partial charge on any atom is 0.0132 e. The molecule has 0 amide bonds. The molecule has 1 rings (SSSR count). The number of rotatable bonds is 0. The van der Waals surface area contributed by atoms with Gasteiger partial charge < -0.3 is 5.32 Å². The highest BCUT2D eigenvalue weighted by atomic mass is 31.1. The number of hydrogen-bond acceptors (Lipinski definition) is 1. The number of nitrogens with one attached hydrogen (secondary N) is 1. The third-order valence-corrected chi connectivity index (χ3v) is 2.65. The van der Waals surface area contributed by atoms with Crippen LogP contribution in [-0.2, 0) is 0 Å². The SMILES string of the molecule is CC1(C)CCPCN1. The van der Waals surface area contributed by atoms with Gasteiger partial charge in [0, 0.05) is 11.8 Å². The van der Waals surface area contributed by atoms with Gasteiger partial charge in [-0.3, -0.25) is 0 Å². The third-order valence-electron chi connectivity index (χ3n) is 1.62. The first-order valence-electron chi connectivity index (χ1n) is 3.16. The highest BCUT2D eigenvalue weighted by Gasteiger charge is 2.18. The van der Waals surface area contributed by atoms with Crippen molar-refractivity contribution in [2.24, 2.45) is 0 Å². The van der Waals surface area contributed by atoms with Gasteiger partial charge in [0.05, 0.1) is 0 Å². The fourth-order valence-electron chi connectivity index (χ4n) is 0.879. The molecule has 1 fully saturated rings. The van der Waals surface area contributed by atoms with Crippen molar-refractivity contribution in [1.29, 1.82) is 0 Å². The van der Waals surface area contributed by atoms with Crippen LogP contribution in [0.3, 0.4) is 0 Å². The molecule has 1 heterocycles. The second-order valence-corrected chi connectivity index (χ2v) is 4.34. The van der Waals surface area contributed by atoms with Crippen LogP contribution in [0.5, 0.6) is 0 Å². The van der Waals surface area contributed by atoms with E-state index in [0.29, 0.717) is 5.54 Å². The van der Waals surface area contributed by atoms with Gasteiger partial charge in [0.15, 0.2) is 0 Å². The predicted molar refractivity (Wildman–Crippen MR) is 39.9 cm³/mol. The van der Waals surface area contributed by atoms with Gasteiger partial charge in [0.2, 0.25) is 0 Å². The Morgan fingerprint density at radius 1 is 1.50 bits per heavy atom. The summed E-state index contributed by atoms with van der Waals surface area (Å²) >= 11 is 0. The zero-order valence-electron chi connectivity index (χ0n) is 5.62. The molecule has 1 nitrogen and oxygen atoms in total. The van der Waals surface area contributed by atoms with E-state index in [4.69, 9.17) is 0 Å². The van der Waals surface area contributed by atoms with Crippen molar-refractivity contribution in [2.75, 3.05) is 12.4 Å². The molecule has 0 aromatic carbocycles. The molecule has 1 atom stereocenters. The molecule has 2 heteroatoms. The Balaban J connectivity index is 2.33. The zero-order valence-corrected chi connectivity index (χ0v) is 6.62. The van der Waals surface area contributed by atoms with Crippen LogP contribution in [0.2, 0.25) is 0 Å². The normalized spacial score (nSPS) is 30.8. The average Bonchev–Trinajstić information content (AvgIpc) is 1.65. The van der Waals surface area contributed by atoms with E-state index in [1.165, 1.54) is 18.9 Å². The van der Waals surface area contributed by atoms with E-state index >= 15 is 0 Å². The predicted octanol–water partition coefficient (Wildman–Crippen LogP) is 1.39. The standard InChI is InChI=1S/C6H14NP/c1-6(2)3-4-8-5-7-6/h7-8H,3-5H2,1-2H3. The summed E-state index contributed by atoms with van der Waals surface area (Å²) in [6, 6.07) is 0. The van der Waals surface area contributed by atoms with Gasteiger partial charge in [-0.1, -0.05) is 0 Å². The molecule has 0 saturated carbocycles. The van der Waals surface area contributed by atoms with Gasteiger partial charge in [-0.25, -0.2) is 0 Å². The van der Waals surface area contributed by atoms with Gasteiger partial charge in [-0.05, 0) is 26.4 Å². The summed E-state index contributed by atoms with van der Waals surface area (Å²) in [5.74, 6) is 0. The Labute approximate surface area is 53.0 Å². The first kappa shape index (κ1) is 6.51. The summed E-state index contributed by atoms with van der Waals surface area (Å²) in [5, 5.41) is 3.47. The van der Waals surface area contributed by atoms with Crippen molar-refractivity contribution >= 4 is 8.58 Å². The second kappa shape index (κ2) is 2.33. The van der Waals surface area contributed by atoms with E-state index in [9.17, 15) is 0 Å². The molecule has 0 aromatic rings. The van der Waals surface area contributed by atoms with E-state index in [1.54, 1.807) is 0 Å². The molecule has 1 aliphatic heterocycles. The van der Waals surface area contributed by atoms with Crippen LogP contribution in [0.4, 0.5) is 0 Å². The number of hydrogen-bond donors (Lipinski definition) is 1. The fraction of sp³-hybridized carbons (Fsp3) is 1.00. The molecule has 0 aromatic heterocycles. The van der Waals surface area contributed by atoms with Crippen molar-refractivity contribution in [1.82, 2.24) is 5.32 Å². The molecular weight excluding hydrogens is 117 g/mol. The smallest absolute Gasteiger partial charge is 0.0132 e. The fourth-order valence-corrected chi connectivity index (χ4v) is 2.46. The van der Waals surface area contributed by atoms with Crippen LogP contribution >= 0.6 is 8.58 Å². The van der Waals surface area contributed by atoms with Gasteiger partial charge in [-0.2, -0.15) is 0 Å². The average molecular weight is 131 g/mol. The van der Waals surface area contributed by atoms with Crippen molar-refractivity contribution in [2.45, 2.75) is 25.8 Å². The first-order valence-corrected chi connectivity index (χ1v) is 4.58. The highest BCUT2D eigenvalue weighted by molar-refractivity contribution is 7.37. The first-order chi connectivity index (χ1) is 3.71. The van der Waals surface area contributed by atoms with E-state index in [2.05, 4.69) is 19.2 Å². The van der Waals surface area contributed by atoms with Crippen LogP contribution in [-0.4, -0.2) is 18.0 Å². The van der Waals surface area contributed by atoms with E-state index < -0.39 is 0 Å². The molecular formula is C6H14NP. The molecule has 0 bridgehead atoms. The van der Waals surface area contributed by atoms with Crippen LogP contribution < -0.4 is 5.32 Å². The lowest BCUT2D eigenvalue weighted by Crippen LogP contribution is -2.41. The lowest BCUT2D eigenvalue weighted by molar-refractivity contribution is 0.395. The van der Waals surface area contributed by atoms with Gasteiger partial charge in [0.25, 0.3) is 0 Å². The molecule has 1 aliphatic rings. The topological polar surface area (TPSA) is 12.0 Å². The van der Waals surface area contributed by atoms with E-state index in [0.717, 1.165) is 8.58 Å². The van der Waals surface area contributed by atoms with Crippen LogP contribution in [0.15, 0.2) is 0 Å². The lowest BCUT2D eigenvalue weighted by Gasteiger charge is -2.30. The quantitative estimate of drug-likeness (QED) is 0.490. The molecule has 0 aliphatic carbocycles. The van der Waals surface area contributed by atoms with Crippen LogP contribution in [0.1, 0.15) is 20.3 Å². The van der Waals surface area contributed by atoms with Crippen LogP contribution in [0.25, 0.3) is 0 Å². The maximum atomic E-state index is 3.47. The Morgan fingerprint density at radius 3 is 2.50 bits per heavy atom. The Kier molecular flexibility index (Phi) is 1.89. The summed E-state index contributed by atoms with van der Waals surface area (Å²) in [6.45, 7) is 4.55. The molecule has 0 spiro atoms. The van der Waals surface area contributed by atoms with Gasteiger partial charge >= 0.3 is 0 Å².